The van der Waals surface area contributed by atoms with Gasteiger partial charge < -0.3 is 9.64 Å². The summed E-state index contributed by atoms with van der Waals surface area (Å²) in [4.78, 5) is 17.4. The maximum atomic E-state index is 12.6. The van der Waals surface area contributed by atoms with E-state index >= 15 is 0 Å². The number of anilines is 1. The van der Waals surface area contributed by atoms with Gasteiger partial charge in [0.1, 0.15) is 10.6 Å². The minimum absolute atomic E-state index is 0.132. The molecule has 1 amide bonds. The lowest BCUT2D eigenvalue weighted by molar-refractivity contribution is 0.0869. The van der Waals surface area contributed by atoms with E-state index < -0.39 is 15.9 Å². The van der Waals surface area contributed by atoms with E-state index in [1.54, 1.807) is 25.3 Å². The number of fused-ring (bicyclic) bond motifs is 1. The van der Waals surface area contributed by atoms with Gasteiger partial charge in [0.2, 0.25) is 0 Å². The summed E-state index contributed by atoms with van der Waals surface area (Å²) in [6.07, 6.45) is 2.56. The van der Waals surface area contributed by atoms with Crippen LogP contribution in [0.25, 0.3) is 0 Å². The Balaban J connectivity index is 1.19. The summed E-state index contributed by atoms with van der Waals surface area (Å²) in [5.74, 6) is 0.507. The maximum absolute atomic E-state index is 12.6. The standard InChI is InChI=1S/C23H29N3O4S/c1-30-21-11-5-4-10-20(21)25-17-15-24(16-18-25)13-7-2-8-14-26-23(27)19-9-3-6-12-22(19)31(26,28)29/h3-6,9-12H,2,7-8,13-18H2,1H3. The van der Waals surface area contributed by atoms with Crippen molar-refractivity contribution in [1.82, 2.24) is 9.21 Å². The molecule has 31 heavy (non-hydrogen) atoms. The number of nitrogens with zero attached hydrogens (tertiary/aromatic N) is 3. The van der Waals surface area contributed by atoms with E-state index in [2.05, 4.69) is 15.9 Å². The molecule has 2 aliphatic rings. The van der Waals surface area contributed by atoms with Crippen molar-refractivity contribution in [3.8, 4) is 5.75 Å². The van der Waals surface area contributed by atoms with Crippen LogP contribution in [0.3, 0.4) is 0 Å². The number of amides is 1. The molecule has 0 radical (unpaired) electrons. The fraction of sp³-hybridized carbons (Fsp3) is 0.435. The van der Waals surface area contributed by atoms with E-state index in [9.17, 15) is 13.2 Å². The molecule has 2 aromatic carbocycles. The largest absolute Gasteiger partial charge is 0.495 e. The number of hydrogen-bond donors (Lipinski definition) is 0. The first-order chi connectivity index (χ1) is 15.0. The SMILES string of the molecule is COc1ccccc1N1CCN(CCCCCN2C(=O)c3ccccc3S2(=O)=O)CC1. The molecule has 7 nitrogen and oxygen atoms in total. The topological polar surface area (TPSA) is 70.2 Å². The van der Waals surface area contributed by atoms with Gasteiger partial charge in [-0.2, -0.15) is 0 Å². The zero-order valence-corrected chi connectivity index (χ0v) is 18.7. The van der Waals surface area contributed by atoms with Crippen LogP contribution < -0.4 is 9.64 Å². The van der Waals surface area contributed by atoms with Crippen LogP contribution in [-0.2, 0) is 10.0 Å². The highest BCUT2D eigenvalue weighted by Crippen LogP contribution is 2.30. The molecule has 2 aromatic rings. The van der Waals surface area contributed by atoms with Crippen molar-refractivity contribution in [3.05, 3.63) is 54.1 Å². The molecule has 0 unspecified atom stereocenters. The molecule has 0 atom stereocenters. The third-order valence-electron chi connectivity index (χ3n) is 6.05. The van der Waals surface area contributed by atoms with Crippen LogP contribution in [0.5, 0.6) is 5.75 Å². The Kier molecular flexibility index (Phi) is 6.48. The van der Waals surface area contributed by atoms with Crippen LogP contribution in [0.1, 0.15) is 29.6 Å². The molecule has 0 saturated carbocycles. The van der Waals surface area contributed by atoms with Crippen LogP contribution in [0.4, 0.5) is 5.69 Å². The molecule has 1 saturated heterocycles. The van der Waals surface area contributed by atoms with Gasteiger partial charge in [0.15, 0.2) is 0 Å². The van der Waals surface area contributed by atoms with E-state index in [4.69, 9.17) is 4.74 Å². The van der Waals surface area contributed by atoms with Crippen molar-refractivity contribution in [2.75, 3.05) is 51.3 Å². The summed E-state index contributed by atoms with van der Waals surface area (Å²) in [5, 5.41) is 0. The average Bonchev–Trinajstić information content (AvgIpc) is 3.00. The summed E-state index contributed by atoms with van der Waals surface area (Å²) < 4.78 is 31.7. The predicted octanol–water partition coefficient (Wildman–Crippen LogP) is 2.83. The number of para-hydroxylation sites is 2. The Morgan fingerprint density at radius 1 is 0.871 bits per heavy atom. The number of hydrogen-bond acceptors (Lipinski definition) is 6. The van der Waals surface area contributed by atoms with Crippen molar-refractivity contribution in [2.24, 2.45) is 0 Å². The van der Waals surface area contributed by atoms with E-state index in [0.29, 0.717) is 6.42 Å². The minimum atomic E-state index is -3.68. The smallest absolute Gasteiger partial charge is 0.269 e. The number of carbonyl (C=O) groups excluding carboxylic acids is 1. The Hall–Kier alpha value is -2.58. The second kappa shape index (κ2) is 9.28. The van der Waals surface area contributed by atoms with Crippen molar-refractivity contribution in [2.45, 2.75) is 24.2 Å². The highest BCUT2D eigenvalue weighted by molar-refractivity contribution is 7.90. The second-order valence-corrected chi connectivity index (χ2v) is 9.77. The zero-order chi connectivity index (χ0) is 21.8. The molecular weight excluding hydrogens is 414 g/mol. The first kappa shape index (κ1) is 21.6. The van der Waals surface area contributed by atoms with Crippen LogP contribution in [0.2, 0.25) is 0 Å². The van der Waals surface area contributed by atoms with Crippen molar-refractivity contribution in [1.29, 1.82) is 0 Å². The Morgan fingerprint density at radius 2 is 1.55 bits per heavy atom. The molecule has 0 spiro atoms. The first-order valence-electron chi connectivity index (χ1n) is 10.8. The molecule has 8 heteroatoms. The molecule has 2 aliphatic heterocycles. The number of piperazine rings is 1. The maximum Gasteiger partial charge on any atom is 0.269 e. The van der Waals surface area contributed by atoms with Crippen LogP contribution in [0, 0.1) is 0 Å². The van der Waals surface area contributed by atoms with Gasteiger partial charge in [-0.25, -0.2) is 12.7 Å². The third-order valence-corrected chi connectivity index (χ3v) is 7.89. The molecule has 0 aromatic heterocycles. The normalized spacial score (nSPS) is 18.3. The van der Waals surface area contributed by atoms with Crippen LogP contribution in [0.15, 0.2) is 53.4 Å². The van der Waals surface area contributed by atoms with Crippen molar-refractivity contribution >= 4 is 21.6 Å². The van der Waals surface area contributed by atoms with Gasteiger partial charge in [-0.05, 0) is 43.7 Å². The van der Waals surface area contributed by atoms with Gasteiger partial charge in [0.05, 0.1) is 18.4 Å². The number of methoxy groups -OCH3 is 1. The summed E-state index contributed by atoms with van der Waals surface area (Å²) in [7, 11) is -1.98. The van der Waals surface area contributed by atoms with Crippen LogP contribution in [-0.4, -0.2) is 69.9 Å². The predicted molar refractivity (Wildman–Crippen MR) is 120 cm³/mol. The summed E-state index contributed by atoms with van der Waals surface area (Å²) in [5.41, 5.74) is 1.43. The van der Waals surface area contributed by atoms with Gasteiger partial charge in [-0.3, -0.25) is 9.69 Å². The van der Waals surface area contributed by atoms with Gasteiger partial charge in [-0.1, -0.05) is 30.7 Å². The Labute approximate surface area is 184 Å². The quantitative estimate of drug-likeness (QED) is 0.585. The Bertz CT molecular complexity index is 1030. The monoisotopic (exact) mass is 443 g/mol. The van der Waals surface area contributed by atoms with Crippen LogP contribution >= 0.6 is 0 Å². The van der Waals surface area contributed by atoms with E-state index in [-0.39, 0.29) is 17.0 Å². The molecule has 0 N–H and O–H groups in total. The molecule has 4 rings (SSSR count). The van der Waals surface area contributed by atoms with E-state index in [1.165, 1.54) is 6.07 Å². The van der Waals surface area contributed by atoms with Gasteiger partial charge in [-0.15, -0.1) is 0 Å². The van der Waals surface area contributed by atoms with Crippen molar-refractivity contribution in [3.63, 3.8) is 0 Å². The lowest BCUT2D eigenvalue weighted by Crippen LogP contribution is -2.46. The zero-order valence-electron chi connectivity index (χ0n) is 17.9. The summed E-state index contributed by atoms with van der Waals surface area (Å²) >= 11 is 0. The van der Waals surface area contributed by atoms with Gasteiger partial charge >= 0.3 is 0 Å². The highest BCUT2D eigenvalue weighted by atomic mass is 32.2. The Morgan fingerprint density at radius 3 is 2.29 bits per heavy atom. The molecule has 1 fully saturated rings. The fourth-order valence-corrected chi connectivity index (χ4v) is 5.93. The van der Waals surface area contributed by atoms with Crippen molar-refractivity contribution < 1.29 is 17.9 Å². The highest BCUT2D eigenvalue weighted by Gasteiger charge is 2.40. The van der Waals surface area contributed by atoms with E-state index in [0.717, 1.165) is 61.3 Å². The van der Waals surface area contributed by atoms with Gasteiger partial charge in [0.25, 0.3) is 15.9 Å². The number of rotatable bonds is 8. The van der Waals surface area contributed by atoms with Gasteiger partial charge in [0, 0.05) is 32.7 Å². The number of ether oxygens (including phenoxy) is 1. The second-order valence-electron chi connectivity index (χ2n) is 7.94. The summed E-state index contributed by atoms with van der Waals surface area (Å²) in [6.45, 7) is 5.13. The number of carbonyl (C=O) groups is 1. The minimum Gasteiger partial charge on any atom is -0.495 e. The number of benzene rings is 2. The lowest BCUT2D eigenvalue weighted by atomic mass is 10.2. The third kappa shape index (κ3) is 4.41. The molecular formula is C23H29N3O4S. The first-order valence-corrected chi connectivity index (χ1v) is 12.2. The summed E-state index contributed by atoms with van der Waals surface area (Å²) in [6, 6.07) is 14.6. The number of sulfonamides is 1. The number of unbranched alkanes of at least 4 members (excludes halogenated alkanes) is 2. The molecule has 166 valence electrons. The average molecular weight is 444 g/mol. The molecule has 0 aliphatic carbocycles. The van der Waals surface area contributed by atoms with E-state index in [1.807, 2.05) is 18.2 Å². The molecule has 2 heterocycles. The lowest BCUT2D eigenvalue weighted by Gasteiger charge is -2.36. The molecule has 0 bridgehead atoms. The fourth-order valence-electron chi connectivity index (χ4n) is 4.32.